The van der Waals surface area contributed by atoms with E-state index in [1.807, 2.05) is 6.20 Å². The maximum absolute atomic E-state index is 3.67. The van der Waals surface area contributed by atoms with Crippen molar-refractivity contribution >= 4 is 0 Å². The molecule has 0 radical (unpaired) electrons. The first-order valence-corrected chi connectivity index (χ1v) is 6.13. The normalized spacial score (nSPS) is 31.7. The van der Waals surface area contributed by atoms with Gasteiger partial charge in [0.25, 0.3) is 0 Å². The predicted octanol–water partition coefficient (Wildman–Crippen LogP) is 2.93. The molecule has 1 aliphatic rings. The van der Waals surface area contributed by atoms with Crippen molar-refractivity contribution < 1.29 is 0 Å². The quantitative estimate of drug-likeness (QED) is 0.782. The minimum absolute atomic E-state index is 0.706. The summed E-state index contributed by atoms with van der Waals surface area (Å²) in [6, 6.07) is 4.91. The van der Waals surface area contributed by atoms with Crippen molar-refractivity contribution in [1.29, 1.82) is 0 Å². The van der Waals surface area contributed by atoms with Crippen LogP contribution in [0.25, 0.3) is 0 Å². The Labute approximate surface area is 92.5 Å². The van der Waals surface area contributed by atoms with Crippen LogP contribution in [0.15, 0.2) is 18.3 Å². The average Bonchev–Trinajstić information content (AvgIpc) is 2.73. The highest BCUT2D eigenvalue weighted by Crippen LogP contribution is 2.29. The van der Waals surface area contributed by atoms with Crippen LogP contribution in [-0.2, 0) is 6.54 Å². The molecule has 15 heavy (non-hydrogen) atoms. The largest absolute Gasteiger partial charge is 0.364 e. The van der Waals surface area contributed by atoms with Crippen LogP contribution in [0.5, 0.6) is 0 Å². The van der Waals surface area contributed by atoms with E-state index in [1.54, 1.807) is 0 Å². The van der Waals surface area contributed by atoms with Crippen molar-refractivity contribution in [2.45, 2.75) is 45.7 Å². The van der Waals surface area contributed by atoms with E-state index in [0.717, 1.165) is 18.4 Å². The molecule has 1 saturated carbocycles. The van der Waals surface area contributed by atoms with Gasteiger partial charge in [0.1, 0.15) is 0 Å². The number of hydrogen-bond acceptors (Lipinski definition) is 1. The third kappa shape index (κ3) is 2.63. The molecule has 3 atom stereocenters. The predicted molar refractivity (Wildman–Crippen MR) is 63.6 cm³/mol. The second-order valence-corrected chi connectivity index (χ2v) is 4.95. The number of nitrogens with one attached hydrogen (secondary N) is 2. The molecule has 2 heteroatoms. The van der Waals surface area contributed by atoms with Crippen molar-refractivity contribution in [3.8, 4) is 0 Å². The Hall–Kier alpha value is -0.760. The Bertz CT molecular complexity index is 279. The summed E-state index contributed by atoms with van der Waals surface area (Å²) in [6.45, 7) is 5.75. The van der Waals surface area contributed by atoms with Crippen LogP contribution >= 0.6 is 0 Å². The zero-order valence-corrected chi connectivity index (χ0v) is 9.79. The fourth-order valence-electron chi connectivity index (χ4n) is 2.59. The summed E-state index contributed by atoms with van der Waals surface area (Å²) >= 11 is 0. The molecule has 1 aromatic heterocycles. The third-order valence-corrected chi connectivity index (χ3v) is 3.92. The first-order valence-electron chi connectivity index (χ1n) is 6.13. The fourth-order valence-corrected chi connectivity index (χ4v) is 2.59. The van der Waals surface area contributed by atoms with Crippen molar-refractivity contribution in [2.24, 2.45) is 11.8 Å². The van der Waals surface area contributed by atoms with Gasteiger partial charge in [-0.2, -0.15) is 0 Å². The highest BCUT2D eigenvalue weighted by molar-refractivity contribution is 5.03. The molecular weight excluding hydrogens is 184 g/mol. The van der Waals surface area contributed by atoms with Crippen LogP contribution in [0.3, 0.4) is 0 Å². The lowest BCUT2D eigenvalue weighted by Crippen LogP contribution is -2.40. The average molecular weight is 206 g/mol. The van der Waals surface area contributed by atoms with Crippen LogP contribution in [0.4, 0.5) is 0 Å². The van der Waals surface area contributed by atoms with Gasteiger partial charge in [-0.15, -0.1) is 0 Å². The van der Waals surface area contributed by atoms with Crippen molar-refractivity contribution in [3.05, 3.63) is 24.0 Å². The molecule has 0 spiro atoms. The van der Waals surface area contributed by atoms with Gasteiger partial charge in [0.05, 0.1) is 0 Å². The van der Waals surface area contributed by atoms with E-state index in [-0.39, 0.29) is 0 Å². The fraction of sp³-hybridized carbons (Fsp3) is 0.692. The van der Waals surface area contributed by atoms with Gasteiger partial charge in [-0.05, 0) is 30.4 Å². The van der Waals surface area contributed by atoms with E-state index in [4.69, 9.17) is 0 Å². The molecule has 2 nitrogen and oxygen atoms in total. The molecule has 84 valence electrons. The summed E-state index contributed by atoms with van der Waals surface area (Å²) in [5, 5.41) is 3.67. The summed E-state index contributed by atoms with van der Waals surface area (Å²) in [4.78, 5) is 3.24. The number of aromatic nitrogens is 1. The lowest BCUT2D eigenvalue weighted by molar-refractivity contribution is 0.205. The zero-order valence-electron chi connectivity index (χ0n) is 9.79. The van der Waals surface area contributed by atoms with E-state index >= 15 is 0 Å². The maximum Gasteiger partial charge on any atom is 0.0359 e. The second-order valence-electron chi connectivity index (χ2n) is 4.95. The summed E-state index contributed by atoms with van der Waals surface area (Å²) in [6.07, 6.45) is 6.12. The van der Waals surface area contributed by atoms with Gasteiger partial charge in [0.2, 0.25) is 0 Å². The molecule has 0 saturated heterocycles. The first-order chi connectivity index (χ1) is 7.27. The Morgan fingerprint density at radius 2 is 2.27 bits per heavy atom. The van der Waals surface area contributed by atoms with E-state index in [9.17, 15) is 0 Å². The standard InChI is InChI=1S/C13H22N2/c1-10-5-3-7-13(11(10)2)15-9-12-6-4-8-14-12/h4,6,8,10-11,13-15H,3,5,7,9H2,1-2H3. The molecular formula is C13H22N2. The summed E-state index contributed by atoms with van der Waals surface area (Å²) in [5.74, 6) is 1.69. The minimum Gasteiger partial charge on any atom is -0.364 e. The minimum atomic E-state index is 0.706. The molecule has 1 heterocycles. The van der Waals surface area contributed by atoms with Crippen LogP contribution in [0, 0.1) is 11.8 Å². The summed E-state index contributed by atoms with van der Waals surface area (Å²) in [7, 11) is 0. The van der Waals surface area contributed by atoms with Crippen LogP contribution in [-0.4, -0.2) is 11.0 Å². The second kappa shape index (κ2) is 4.84. The van der Waals surface area contributed by atoms with E-state index in [2.05, 4.69) is 36.3 Å². The Balaban J connectivity index is 1.83. The van der Waals surface area contributed by atoms with Gasteiger partial charge in [-0.3, -0.25) is 0 Å². The molecule has 1 aliphatic carbocycles. The van der Waals surface area contributed by atoms with Gasteiger partial charge in [-0.1, -0.05) is 26.7 Å². The molecule has 1 aromatic rings. The van der Waals surface area contributed by atoms with E-state index in [1.165, 1.54) is 25.0 Å². The number of hydrogen-bond donors (Lipinski definition) is 2. The molecule has 0 amide bonds. The van der Waals surface area contributed by atoms with Crippen molar-refractivity contribution in [1.82, 2.24) is 10.3 Å². The Kier molecular flexibility index (Phi) is 3.47. The van der Waals surface area contributed by atoms with Crippen molar-refractivity contribution in [3.63, 3.8) is 0 Å². The van der Waals surface area contributed by atoms with Crippen molar-refractivity contribution in [2.75, 3.05) is 0 Å². The number of H-pyrrole nitrogens is 1. The topological polar surface area (TPSA) is 27.8 Å². The van der Waals surface area contributed by atoms with Gasteiger partial charge >= 0.3 is 0 Å². The molecule has 0 aliphatic heterocycles. The maximum atomic E-state index is 3.67. The van der Waals surface area contributed by atoms with Gasteiger partial charge in [0, 0.05) is 24.5 Å². The Morgan fingerprint density at radius 3 is 3.00 bits per heavy atom. The first kappa shape index (κ1) is 10.7. The zero-order chi connectivity index (χ0) is 10.7. The third-order valence-electron chi connectivity index (χ3n) is 3.92. The molecule has 0 bridgehead atoms. The molecule has 1 fully saturated rings. The molecule has 2 N–H and O–H groups in total. The molecule has 0 aromatic carbocycles. The number of aromatic amines is 1. The highest BCUT2D eigenvalue weighted by Gasteiger charge is 2.26. The van der Waals surface area contributed by atoms with E-state index in [0.29, 0.717) is 6.04 Å². The van der Waals surface area contributed by atoms with Crippen LogP contribution in [0.2, 0.25) is 0 Å². The highest BCUT2D eigenvalue weighted by atomic mass is 14.9. The molecule has 2 rings (SSSR count). The van der Waals surface area contributed by atoms with Crippen LogP contribution in [0.1, 0.15) is 38.8 Å². The van der Waals surface area contributed by atoms with Gasteiger partial charge in [0.15, 0.2) is 0 Å². The lowest BCUT2D eigenvalue weighted by atomic mass is 9.78. The van der Waals surface area contributed by atoms with Crippen LogP contribution < -0.4 is 5.32 Å². The SMILES string of the molecule is CC1CCCC(NCc2ccc[nH]2)C1C. The monoisotopic (exact) mass is 206 g/mol. The van der Waals surface area contributed by atoms with Gasteiger partial charge < -0.3 is 10.3 Å². The summed E-state index contributed by atoms with van der Waals surface area (Å²) < 4.78 is 0. The van der Waals surface area contributed by atoms with E-state index < -0.39 is 0 Å². The lowest BCUT2D eigenvalue weighted by Gasteiger charge is -2.34. The van der Waals surface area contributed by atoms with Gasteiger partial charge in [-0.25, -0.2) is 0 Å². The number of rotatable bonds is 3. The Morgan fingerprint density at radius 1 is 1.40 bits per heavy atom. The smallest absolute Gasteiger partial charge is 0.0359 e. The summed E-state index contributed by atoms with van der Waals surface area (Å²) in [5.41, 5.74) is 1.29. The molecule has 3 unspecified atom stereocenters.